The molecule has 1 rings (SSSR count). The number of hydrogen-bond acceptors (Lipinski definition) is 2. The predicted molar refractivity (Wildman–Crippen MR) is 55.1 cm³/mol. The summed E-state index contributed by atoms with van der Waals surface area (Å²) in [6.07, 6.45) is 5.83. The van der Waals surface area contributed by atoms with E-state index in [1.165, 1.54) is 0 Å². The number of nitrogens with zero attached hydrogens (tertiary/aromatic N) is 2. The van der Waals surface area contributed by atoms with Crippen molar-refractivity contribution < 1.29 is 0 Å². The van der Waals surface area contributed by atoms with Gasteiger partial charge in [-0.1, -0.05) is 11.6 Å². The molecule has 0 aliphatic rings. The summed E-state index contributed by atoms with van der Waals surface area (Å²) in [7, 11) is 1.97. The molecule has 0 bridgehead atoms. The first kappa shape index (κ1) is 10.5. The lowest BCUT2D eigenvalue weighted by Crippen LogP contribution is -2.11. The maximum atomic E-state index is 5.77. The van der Waals surface area contributed by atoms with E-state index in [4.69, 9.17) is 11.6 Å². The minimum absolute atomic E-state index is 0.431. The number of rotatable bonds is 5. The van der Waals surface area contributed by atoms with Crippen molar-refractivity contribution in [2.45, 2.75) is 25.8 Å². The SMILES string of the molecule is CNCCCC(C)n1cc(Cl)cn1. The van der Waals surface area contributed by atoms with Crippen molar-refractivity contribution in [3.63, 3.8) is 0 Å². The zero-order valence-corrected chi connectivity index (χ0v) is 8.88. The summed E-state index contributed by atoms with van der Waals surface area (Å²) in [6.45, 7) is 3.21. The summed E-state index contributed by atoms with van der Waals surface area (Å²) in [5, 5.41) is 7.99. The molecule has 0 saturated carbocycles. The van der Waals surface area contributed by atoms with E-state index < -0.39 is 0 Å². The van der Waals surface area contributed by atoms with E-state index in [1.807, 2.05) is 17.9 Å². The maximum Gasteiger partial charge on any atom is 0.0785 e. The highest BCUT2D eigenvalue weighted by atomic mass is 35.5. The molecule has 1 aromatic heterocycles. The Balaban J connectivity index is 2.35. The van der Waals surface area contributed by atoms with Crippen LogP contribution in [0.4, 0.5) is 0 Å². The summed E-state index contributed by atoms with van der Waals surface area (Å²) < 4.78 is 1.91. The number of hydrogen-bond donors (Lipinski definition) is 1. The third-order valence-corrected chi connectivity index (χ3v) is 2.27. The molecule has 4 heteroatoms. The van der Waals surface area contributed by atoms with E-state index in [0.29, 0.717) is 11.1 Å². The number of halogens is 1. The smallest absolute Gasteiger partial charge is 0.0785 e. The van der Waals surface area contributed by atoms with Gasteiger partial charge in [-0.2, -0.15) is 5.10 Å². The summed E-state index contributed by atoms with van der Waals surface area (Å²) in [4.78, 5) is 0. The van der Waals surface area contributed by atoms with Crippen LogP contribution in [0.1, 0.15) is 25.8 Å². The second kappa shape index (κ2) is 5.25. The molecule has 74 valence electrons. The minimum atomic E-state index is 0.431. The molecule has 1 unspecified atom stereocenters. The molecule has 0 radical (unpaired) electrons. The summed E-state index contributed by atoms with van der Waals surface area (Å²) in [5.41, 5.74) is 0. The molecule has 0 saturated heterocycles. The second-order valence-electron chi connectivity index (χ2n) is 3.23. The molecule has 1 N–H and O–H groups in total. The lowest BCUT2D eigenvalue weighted by Gasteiger charge is -2.11. The van der Waals surface area contributed by atoms with E-state index in [-0.39, 0.29) is 0 Å². The molecule has 13 heavy (non-hydrogen) atoms. The standard InChI is InChI=1S/C9H16ClN3/c1-8(4-3-5-11-2)13-7-9(10)6-12-13/h6-8,11H,3-5H2,1-2H3. The van der Waals surface area contributed by atoms with Gasteiger partial charge >= 0.3 is 0 Å². The van der Waals surface area contributed by atoms with Crippen LogP contribution in [0, 0.1) is 0 Å². The lowest BCUT2D eigenvalue weighted by molar-refractivity contribution is 0.443. The van der Waals surface area contributed by atoms with Crippen molar-refractivity contribution in [1.29, 1.82) is 0 Å². The first-order valence-corrected chi connectivity index (χ1v) is 4.96. The van der Waals surface area contributed by atoms with Crippen molar-refractivity contribution in [2.24, 2.45) is 0 Å². The first-order valence-electron chi connectivity index (χ1n) is 4.58. The Labute approximate surface area is 84.1 Å². The largest absolute Gasteiger partial charge is 0.320 e. The third kappa shape index (κ3) is 3.36. The van der Waals surface area contributed by atoms with Gasteiger partial charge in [-0.3, -0.25) is 4.68 Å². The fraction of sp³-hybridized carbons (Fsp3) is 0.667. The Hall–Kier alpha value is -0.540. The van der Waals surface area contributed by atoms with Gasteiger partial charge < -0.3 is 5.32 Å². The summed E-state index contributed by atoms with van der Waals surface area (Å²) in [6, 6.07) is 0.431. The van der Waals surface area contributed by atoms with Crippen LogP contribution in [0.15, 0.2) is 12.4 Å². The van der Waals surface area contributed by atoms with Crippen molar-refractivity contribution in [3.8, 4) is 0 Å². The van der Waals surface area contributed by atoms with Gasteiger partial charge in [0.15, 0.2) is 0 Å². The van der Waals surface area contributed by atoms with E-state index in [1.54, 1.807) is 6.20 Å². The van der Waals surface area contributed by atoms with Crippen LogP contribution in [-0.4, -0.2) is 23.4 Å². The van der Waals surface area contributed by atoms with Crippen molar-refractivity contribution >= 4 is 11.6 Å². The Kier molecular flexibility index (Phi) is 4.25. The monoisotopic (exact) mass is 201 g/mol. The van der Waals surface area contributed by atoms with Gasteiger partial charge in [0.1, 0.15) is 0 Å². The van der Waals surface area contributed by atoms with Gasteiger partial charge in [-0.15, -0.1) is 0 Å². The lowest BCUT2D eigenvalue weighted by atomic mass is 10.2. The average molecular weight is 202 g/mol. The van der Waals surface area contributed by atoms with Gasteiger partial charge in [0.2, 0.25) is 0 Å². The second-order valence-corrected chi connectivity index (χ2v) is 3.67. The topological polar surface area (TPSA) is 29.9 Å². The Bertz CT molecular complexity index is 247. The van der Waals surface area contributed by atoms with Gasteiger partial charge in [-0.05, 0) is 33.4 Å². The summed E-state index contributed by atoms with van der Waals surface area (Å²) in [5.74, 6) is 0. The molecule has 0 aliphatic carbocycles. The zero-order chi connectivity index (χ0) is 9.68. The Morgan fingerprint density at radius 1 is 1.69 bits per heavy atom. The molecule has 1 heterocycles. The van der Waals surface area contributed by atoms with Gasteiger partial charge in [0.25, 0.3) is 0 Å². The Morgan fingerprint density at radius 2 is 2.46 bits per heavy atom. The van der Waals surface area contributed by atoms with Gasteiger partial charge in [-0.25, -0.2) is 0 Å². The Morgan fingerprint density at radius 3 is 3.00 bits per heavy atom. The number of nitrogens with one attached hydrogen (secondary N) is 1. The molecule has 0 aliphatic heterocycles. The third-order valence-electron chi connectivity index (χ3n) is 2.07. The molecule has 1 atom stereocenters. The normalized spacial score (nSPS) is 13.2. The van der Waals surface area contributed by atoms with Crippen molar-refractivity contribution in [3.05, 3.63) is 17.4 Å². The highest BCUT2D eigenvalue weighted by Gasteiger charge is 2.04. The van der Waals surface area contributed by atoms with Crippen LogP contribution in [0.25, 0.3) is 0 Å². The molecule has 1 aromatic rings. The average Bonchev–Trinajstić information content (AvgIpc) is 2.52. The van der Waals surface area contributed by atoms with E-state index in [2.05, 4.69) is 17.3 Å². The van der Waals surface area contributed by atoms with Crippen LogP contribution in [0.5, 0.6) is 0 Å². The first-order chi connectivity index (χ1) is 6.24. The molecular formula is C9H16ClN3. The summed E-state index contributed by atoms with van der Waals surface area (Å²) >= 11 is 5.77. The van der Waals surface area contributed by atoms with Crippen molar-refractivity contribution in [2.75, 3.05) is 13.6 Å². The van der Waals surface area contributed by atoms with Gasteiger partial charge in [0.05, 0.1) is 11.2 Å². The maximum absolute atomic E-state index is 5.77. The van der Waals surface area contributed by atoms with E-state index >= 15 is 0 Å². The number of aromatic nitrogens is 2. The van der Waals surface area contributed by atoms with Crippen LogP contribution in [0.2, 0.25) is 5.02 Å². The highest BCUT2D eigenvalue weighted by Crippen LogP contribution is 2.14. The van der Waals surface area contributed by atoms with Crippen LogP contribution >= 0.6 is 11.6 Å². The molecule has 0 fully saturated rings. The van der Waals surface area contributed by atoms with Crippen LogP contribution < -0.4 is 5.32 Å². The molecule has 3 nitrogen and oxygen atoms in total. The van der Waals surface area contributed by atoms with Gasteiger partial charge in [0, 0.05) is 12.2 Å². The zero-order valence-electron chi connectivity index (χ0n) is 8.13. The quantitative estimate of drug-likeness (QED) is 0.740. The van der Waals surface area contributed by atoms with E-state index in [9.17, 15) is 0 Å². The molecule has 0 amide bonds. The van der Waals surface area contributed by atoms with Crippen molar-refractivity contribution in [1.82, 2.24) is 15.1 Å². The van der Waals surface area contributed by atoms with Crippen LogP contribution in [-0.2, 0) is 0 Å². The molecule has 0 spiro atoms. The van der Waals surface area contributed by atoms with Crippen LogP contribution in [0.3, 0.4) is 0 Å². The highest BCUT2D eigenvalue weighted by molar-refractivity contribution is 6.30. The minimum Gasteiger partial charge on any atom is -0.320 e. The van der Waals surface area contributed by atoms with E-state index in [0.717, 1.165) is 19.4 Å². The molecular weight excluding hydrogens is 186 g/mol. The fourth-order valence-electron chi connectivity index (χ4n) is 1.26. The molecule has 0 aromatic carbocycles. The predicted octanol–water partition coefficient (Wildman–Crippen LogP) is 2.10. The fourth-order valence-corrected chi connectivity index (χ4v) is 1.41.